The van der Waals surface area contributed by atoms with E-state index in [4.69, 9.17) is 5.73 Å². The first-order chi connectivity index (χ1) is 9.65. The summed E-state index contributed by atoms with van der Waals surface area (Å²) in [6, 6.07) is 14.4. The van der Waals surface area contributed by atoms with E-state index in [2.05, 4.69) is 20.9 Å². The van der Waals surface area contributed by atoms with Gasteiger partial charge in [-0.1, -0.05) is 28.1 Å². The van der Waals surface area contributed by atoms with E-state index in [1.807, 2.05) is 29.2 Å². The Morgan fingerprint density at radius 2 is 1.75 bits per heavy atom. The highest BCUT2D eigenvalue weighted by Gasteiger charge is 2.28. The summed E-state index contributed by atoms with van der Waals surface area (Å²) in [5.74, 6) is 0.248. The van der Waals surface area contributed by atoms with E-state index in [-0.39, 0.29) is 11.9 Å². The van der Waals surface area contributed by atoms with Gasteiger partial charge in [0.25, 0.3) is 0 Å². The molecule has 3 nitrogen and oxygen atoms in total. The van der Waals surface area contributed by atoms with Gasteiger partial charge in [0.15, 0.2) is 5.96 Å². The minimum absolute atomic E-state index is 0.0109. The van der Waals surface area contributed by atoms with Crippen molar-refractivity contribution in [3.63, 3.8) is 0 Å². The zero-order chi connectivity index (χ0) is 14.1. The number of hydrogen-bond acceptors (Lipinski definition) is 3. The van der Waals surface area contributed by atoms with E-state index in [0.717, 1.165) is 15.7 Å². The van der Waals surface area contributed by atoms with Gasteiger partial charge in [0.05, 0.1) is 12.6 Å². The fraction of sp³-hybridized carbons (Fsp3) is 0.133. The zero-order valence-corrected chi connectivity index (χ0v) is 12.2. The first-order valence-electron chi connectivity index (χ1n) is 6.25. The van der Waals surface area contributed by atoms with Crippen LogP contribution in [0.2, 0.25) is 0 Å². The molecular formula is C15H13BrFN3. The molecule has 20 heavy (non-hydrogen) atoms. The summed E-state index contributed by atoms with van der Waals surface area (Å²) in [7, 11) is 0. The van der Waals surface area contributed by atoms with Crippen molar-refractivity contribution in [1.29, 1.82) is 0 Å². The maximum absolute atomic E-state index is 13.0. The number of benzene rings is 2. The zero-order valence-electron chi connectivity index (χ0n) is 10.6. The standard InChI is InChI=1S/C15H13BrFN3/c16-11-3-7-13(8-4-11)20-14(9-19-15(20)18)10-1-5-12(17)6-2-10/h1-8,14H,9H2,(H2,18,19). The molecule has 0 amide bonds. The van der Waals surface area contributed by atoms with Crippen molar-refractivity contribution in [2.75, 3.05) is 11.4 Å². The number of hydrogen-bond donors (Lipinski definition) is 1. The van der Waals surface area contributed by atoms with Crippen LogP contribution < -0.4 is 10.6 Å². The van der Waals surface area contributed by atoms with Gasteiger partial charge < -0.3 is 10.6 Å². The summed E-state index contributed by atoms with van der Waals surface area (Å²) in [5, 5.41) is 0. The minimum Gasteiger partial charge on any atom is -0.369 e. The minimum atomic E-state index is -0.240. The van der Waals surface area contributed by atoms with Crippen molar-refractivity contribution < 1.29 is 4.39 Å². The van der Waals surface area contributed by atoms with Crippen LogP contribution in [-0.2, 0) is 0 Å². The molecule has 1 unspecified atom stereocenters. The lowest BCUT2D eigenvalue weighted by Crippen LogP contribution is -2.36. The Hall–Kier alpha value is -1.88. The third-order valence-corrected chi connectivity index (χ3v) is 3.87. The van der Waals surface area contributed by atoms with E-state index >= 15 is 0 Å². The molecule has 0 saturated carbocycles. The van der Waals surface area contributed by atoms with Gasteiger partial charge in [-0.15, -0.1) is 0 Å². The molecule has 0 fully saturated rings. The van der Waals surface area contributed by atoms with Crippen LogP contribution in [0.1, 0.15) is 11.6 Å². The van der Waals surface area contributed by atoms with Crippen molar-refractivity contribution in [2.24, 2.45) is 10.7 Å². The molecule has 0 aromatic heterocycles. The van der Waals surface area contributed by atoms with Crippen LogP contribution in [-0.4, -0.2) is 12.5 Å². The van der Waals surface area contributed by atoms with Crippen LogP contribution >= 0.6 is 15.9 Å². The first-order valence-corrected chi connectivity index (χ1v) is 7.04. The lowest BCUT2D eigenvalue weighted by atomic mass is 10.1. The van der Waals surface area contributed by atoms with Crippen LogP contribution in [0.4, 0.5) is 10.1 Å². The van der Waals surface area contributed by atoms with E-state index in [0.29, 0.717) is 12.5 Å². The summed E-state index contributed by atoms with van der Waals surface area (Å²) in [5.41, 5.74) is 7.97. The van der Waals surface area contributed by atoms with Crippen molar-refractivity contribution in [2.45, 2.75) is 6.04 Å². The highest BCUT2D eigenvalue weighted by atomic mass is 79.9. The second-order valence-corrected chi connectivity index (χ2v) is 5.53. The van der Waals surface area contributed by atoms with Crippen molar-refractivity contribution >= 4 is 27.6 Å². The molecule has 102 valence electrons. The number of guanidine groups is 1. The largest absolute Gasteiger partial charge is 0.369 e. The average molecular weight is 334 g/mol. The van der Waals surface area contributed by atoms with Crippen LogP contribution in [0.3, 0.4) is 0 Å². The topological polar surface area (TPSA) is 41.6 Å². The van der Waals surface area contributed by atoms with Gasteiger partial charge in [-0.25, -0.2) is 4.39 Å². The number of anilines is 1. The quantitative estimate of drug-likeness (QED) is 0.914. The van der Waals surface area contributed by atoms with Crippen molar-refractivity contribution in [3.05, 3.63) is 64.4 Å². The van der Waals surface area contributed by atoms with E-state index < -0.39 is 0 Å². The molecule has 0 saturated heterocycles. The molecule has 1 heterocycles. The number of halogens is 2. The summed E-state index contributed by atoms with van der Waals surface area (Å²) in [6.45, 7) is 0.577. The maximum atomic E-state index is 13.0. The number of nitrogens with zero attached hydrogens (tertiary/aromatic N) is 2. The number of rotatable bonds is 2. The average Bonchev–Trinajstić information content (AvgIpc) is 2.83. The second-order valence-electron chi connectivity index (χ2n) is 4.61. The summed E-state index contributed by atoms with van der Waals surface area (Å²) < 4.78 is 14.1. The van der Waals surface area contributed by atoms with E-state index in [1.54, 1.807) is 12.1 Å². The Morgan fingerprint density at radius 1 is 1.10 bits per heavy atom. The Labute approximate surface area is 125 Å². The number of aliphatic imine (C=N–C) groups is 1. The normalized spacial score (nSPS) is 18.2. The molecular weight excluding hydrogens is 321 g/mol. The molecule has 1 aliphatic rings. The predicted octanol–water partition coefficient (Wildman–Crippen LogP) is 3.46. The lowest BCUT2D eigenvalue weighted by molar-refractivity contribution is 0.625. The summed E-state index contributed by atoms with van der Waals surface area (Å²) in [4.78, 5) is 6.28. The molecule has 2 N–H and O–H groups in total. The molecule has 0 aliphatic carbocycles. The number of nitrogens with two attached hydrogens (primary N) is 1. The van der Waals surface area contributed by atoms with Crippen molar-refractivity contribution in [1.82, 2.24) is 0 Å². The third-order valence-electron chi connectivity index (χ3n) is 3.34. The predicted molar refractivity (Wildman–Crippen MR) is 82.3 cm³/mol. The summed E-state index contributed by atoms with van der Waals surface area (Å²) >= 11 is 3.42. The molecule has 1 atom stereocenters. The Morgan fingerprint density at radius 3 is 2.40 bits per heavy atom. The molecule has 2 aromatic carbocycles. The van der Waals surface area contributed by atoms with Gasteiger partial charge in [-0.05, 0) is 42.0 Å². The van der Waals surface area contributed by atoms with Crippen LogP contribution in [0.5, 0.6) is 0 Å². The van der Waals surface area contributed by atoms with Gasteiger partial charge in [-0.3, -0.25) is 4.99 Å². The van der Waals surface area contributed by atoms with Crippen LogP contribution in [0.15, 0.2) is 58.0 Å². The first kappa shape index (κ1) is 13.1. The fourth-order valence-electron chi connectivity index (χ4n) is 2.35. The Bertz CT molecular complexity index is 637. The van der Waals surface area contributed by atoms with Gasteiger partial charge in [0, 0.05) is 10.2 Å². The Balaban J connectivity index is 1.96. The molecule has 2 aromatic rings. The molecule has 0 radical (unpaired) electrons. The third kappa shape index (κ3) is 2.41. The summed E-state index contributed by atoms with van der Waals surface area (Å²) in [6.07, 6.45) is 0. The van der Waals surface area contributed by atoms with E-state index in [1.165, 1.54) is 12.1 Å². The second kappa shape index (κ2) is 5.25. The van der Waals surface area contributed by atoms with E-state index in [9.17, 15) is 4.39 Å². The SMILES string of the molecule is NC1=NCC(c2ccc(F)cc2)N1c1ccc(Br)cc1. The van der Waals surface area contributed by atoms with Gasteiger partial charge in [0.1, 0.15) is 5.82 Å². The highest BCUT2D eigenvalue weighted by molar-refractivity contribution is 9.10. The van der Waals surface area contributed by atoms with Gasteiger partial charge in [-0.2, -0.15) is 0 Å². The van der Waals surface area contributed by atoms with Crippen LogP contribution in [0, 0.1) is 5.82 Å². The molecule has 1 aliphatic heterocycles. The molecule has 0 spiro atoms. The smallest absolute Gasteiger partial charge is 0.196 e. The lowest BCUT2D eigenvalue weighted by Gasteiger charge is -2.26. The molecule has 0 bridgehead atoms. The maximum Gasteiger partial charge on any atom is 0.196 e. The monoisotopic (exact) mass is 333 g/mol. The molecule has 5 heteroatoms. The fourth-order valence-corrected chi connectivity index (χ4v) is 2.62. The molecule has 3 rings (SSSR count). The van der Waals surface area contributed by atoms with Gasteiger partial charge in [0.2, 0.25) is 0 Å². The Kier molecular flexibility index (Phi) is 3.44. The highest BCUT2D eigenvalue weighted by Crippen LogP contribution is 2.31. The van der Waals surface area contributed by atoms with Crippen molar-refractivity contribution in [3.8, 4) is 0 Å². The van der Waals surface area contributed by atoms with Gasteiger partial charge >= 0.3 is 0 Å². The van der Waals surface area contributed by atoms with Crippen LogP contribution in [0.25, 0.3) is 0 Å².